The highest BCUT2D eigenvalue weighted by molar-refractivity contribution is 5.90. The van der Waals surface area contributed by atoms with Crippen LogP contribution in [-0.4, -0.2) is 130 Å². The van der Waals surface area contributed by atoms with Gasteiger partial charge >= 0.3 is 47.8 Å². The van der Waals surface area contributed by atoms with E-state index >= 15 is 0 Å². The number of aliphatic carboxylic acids is 4. The number of hydrogen-bond acceptors (Lipinski definition) is 19. The smallest absolute Gasteiger partial charge is 0.330 e. The zero-order valence-corrected chi connectivity index (χ0v) is 40.2. The molecule has 2 aromatic rings. The number of aliphatic imine (C=N–C) groups is 1. The van der Waals surface area contributed by atoms with E-state index in [1.807, 2.05) is 44.2 Å². The number of rotatable bonds is 24. The van der Waals surface area contributed by atoms with Crippen molar-refractivity contribution in [1.29, 1.82) is 0 Å². The molecule has 7 atom stereocenters. The molecule has 0 saturated heterocycles. The number of nitrogens with zero attached hydrogens (tertiary/aromatic N) is 1. The number of ether oxygens (including phenoxy) is 3. The monoisotopic (exact) mass is 1010 g/mol. The summed E-state index contributed by atoms with van der Waals surface area (Å²) in [7, 11) is 0. The van der Waals surface area contributed by atoms with Crippen molar-refractivity contribution in [3.05, 3.63) is 65.7 Å². The molecule has 0 unspecified atom stereocenters. The number of carboxylic acid groups (broad SMARTS) is 4. The van der Waals surface area contributed by atoms with Gasteiger partial charge in [-0.25, -0.2) is 9.59 Å². The van der Waals surface area contributed by atoms with Crippen molar-refractivity contribution in [2.75, 3.05) is 13.2 Å². The van der Waals surface area contributed by atoms with E-state index < -0.39 is 103 Å². The quantitative estimate of drug-likeness (QED) is 0.0150. The van der Waals surface area contributed by atoms with E-state index in [2.05, 4.69) is 9.73 Å². The molecule has 71 heavy (non-hydrogen) atoms. The van der Waals surface area contributed by atoms with Gasteiger partial charge in [0.15, 0.2) is 5.96 Å². The minimum atomic E-state index is -1.42. The molecule has 0 spiro atoms. The summed E-state index contributed by atoms with van der Waals surface area (Å²) in [6.45, 7) is 3.77. The van der Waals surface area contributed by atoms with Crippen LogP contribution in [0, 0.1) is 11.8 Å². The summed E-state index contributed by atoms with van der Waals surface area (Å²) in [5, 5.41) is 34.2. The van der Waals surface area contributed by atoms with Crippen molar-refractivity contribution < 1.29 is 73.0 Å². The molecule has 398 valence electrons. The van der Waals surface area contributed by atoms with Gasteiger partial charge in [0.2, 0.25) is 0 Å². The Kier molecular flexibility index (Phi) is 32.2. The Hall–Kier alpha value is -6.61. The molecule has 22 N–H and O–H groups in total. The zero-order valence-electron chi connectivity index (χ0n) is 40.2. The zero-order chi connectivity index (χ0) is 54.2. The SMILES string of the molecule is CC(C)C[C@H](N)C(=O)Oc1ccc(C[C@H](N)C(=O)OC[C@@H](N)C(=O)O)cc1.NC(N)=NCCC[C@@H](N)C(=O)OC(=O)C[C@@H](N)C(=O)O.N[C@@H](CC1CCCCC1)C(=O)O.N[C@@H](Cc1ccccc1)C(=O)O. The Bertz CT molecular complexity index is 1980. The fraction of sp³-hybridized carbons (Fsp3) is 0.543. The first kappa shape index (κ1) is 64.4. The summed E-state index contributed by atoms with van der Waals surface area (Å²) < 4.78 is 14.4. The molecule has 0 amide bonds. The van der Waals surface area contributed by atoms with Crippen LogP contribution < -0.4 is 56.3 Å². The van der Waals surface area contributed by atoms with Crippen LogP contribution in [0.15, 0.2) is 59.6 Å². The van der Waals surface area contributed by atoms with Gasteiger partial charge in [0.25, 0.3) is 0 Å². The topological polar surface area (TPSA) is 492 Å². The van der Waals surface area contributed by atoms with Gasteiger partial charge in [-0.2, -0.15) is 0 Å². The maximum atomic E-state index is 11.9. The average Bonchev–Trinajstić information content (AvgIpc) is 3.30. The molecule has 25 nitrogen and oxygen atoms in total. The normalized spacial score (nSPS) is 15.0. The average molecular weight is 1010 g/mol. The molecule has 0 aliphatic heterocycles. The van der Waals surface area contributed by atoms with Crippen molar-refractivity contribution >= 4 is 53.7 Å². The summed E-state index contributed by atoms with van der Waals surface area (Å²) in [5.41, 5.74) is 50.1. The van der Waals surface area contributed by atoms with Crippen LogP contribution in [0.5, 0.6) is 5.75 Å². The lowest BCUT2D eigenvalue weighted by atomic mass is 9.85. The van der Waals surface area contributed by atoms with Crippen molar-refractivity contribution in [1.82, 2.24) is 0 Å². The van der Waals surface area contributed by atoms with Crippen LogP contribution in [0.4, 0.5) is 0 Å². The number of nitrogens with two attached hydrogens (primary N) is 9. The van der Waals surface area contributed by atoms with E-state index in [1.54, 1.807) is 24.3 Å². The van der Waals surface area contributed by atoms with E-state index in [1.165, 1.54) is 32.1 Å². The van der Waals surface area contributed by atoms with Crippen LogP contribution in [0.25, 0.3) is 0 Å². The molecule has 0 radical (unpaired) electrons. The molecule has 3 rings (SSSR count). The van der Waals surface area contributed by atoms with Crippen molar-refractivity contribution in [2.45, 2.75) is 133 Å². The number of carboxylic acids is 4. The fourth-order valence-electron chi connectivity index (χ4n) is 6.15. The third kappa shape index (κ3) is 31.3. The number of hydrogen-bond donors (Lipinski definition) is 13. The lowest BCUT2D eigenvalue weighted by Crippen LogP contribution is -2.40. The van der Waals surface area contributed by atoms with Gasteiger partial charge in [0.1, 0.15) is 54.6 Å². The first-order chi connectivity index (χ1) is 33.2. The standard InChI is InChI=1S/C18H27N3O6.C10H19N5O5.C9H17NO2.C9H11NO2/c1-10(2)7-13(19)18(25)27-12-5-3-11(4-6-12)8-14(20)17(24)26-9-15(21)16(22)23;11-5(2-1-3-15-10(13)14)9(19)20-7(16)4-6(12)8(17)18;2*10-8(9(11)12)6-7-4-2-1-3-5-7/h3-6,10,13-15H,7-9,19-21H2,1-2H3,(H,22,23);5-6H,1-4,11-12H2,(H,17,18)(H4,13,14,15);7-8H,1-6,10H2,(H,11,12);1-5,8H,6,10H2,(H,11,12)/t13-,14-,15+;5-,6-;2*8-/m0100/s1. The van der Waals surface area contributed by atoms with E-state index in [-0.39, 0.29) is 24.7 Å². The molecular formula is C46H74N10O15. The first-order valence-corrected chi connectivity index (χ1v) is 22.7. The second kappa shape index (κ2) is 35.5. The van der Waals surface area contributed by atoms with Crippen LogP contribution in [-0.2, 0) is 60.7 Å². The number of guanidine groups is 1. The number of benzene rings is 2. The van der Waals surface area contributed by atoms with Gasteiger partial charge in [-0.1, -0.05) is 88.4 Å². The van der Waals surface area contributed by atoms with Crippen LogP contribution in [0.3, 0.4) is 0 Å². The van der Waals surface area contributed by atoms with Gasteiger partial charge in [0.05, 0.1) is 6.42 Å². The van der Waals surface area contributed by atoms with Crippen LogP contribution in [0.1, 0.15) is 89.2 Å². The number of carbonyl (C=O) groups excluding carboxylic acids is 4. The largest absolute Gasteiger partial charge is 0.480 e. The molecule has 2 aromatic carbocycles. The van der Waals surface area contributed by atoms with Crippen LogP contribution >= 0.6 is 0 Å². The highest BCUT2D eigenvalue weighted by atomic mass is 16.6. The van der Waals surface area contributed by atoms with Gasteiger partial charge in [-0.05, 0) is 73.6 Å². The predicted octanol–water partition coefficient (Wildman–Crippen LogP) is -0.961. The van der Waals surface area contributed by atoms with Crippen LogP contribution in [0.2, 0.25) is 0 Å². The maximum Gasteiger partial charge on any atom is 0.330 e. The third-order valence-corrected chi connectivity index (χ3v) is 10.1. The molecule has 1 saturated carbocycles. The predicted molar refractivity (Wildman–Crippen MR) is 260 cm³/mol. The summed E-state index contributed by atoms with van der Waals surface area (Å²) in [4.78, 5) is 91.8. The fourth-order valence-corrected chi connectivity index (χ4v) is 6.15. The molecule has 1 aliphatic carbocycles. The Morgan fingerprint density at radius 3 is 1.63 bits per heavy atom. The van der Waals surface area contributed by atoms with Crippen molar-refractivity contribution in [3.8, 4) is 5.75 Å². The summed E-state index contributed by atoms with van der Waals surface area (Å²) in [6, 6.07) is 8.97. The maximum absolute atomic E-state index is 11.9. The molecular weight excluding hydrogens is 933 g/mol. The Morgan fingerprint density at radius 2 is 1.13 bits per heavy atom. The minimum absolute atomic E-state index is 0.0704. The lowest BCUT2D eigenvalue weighted by molar-refractivity contribution is -0.162. The third-order valence-electron chi connectivity index (χ3n) is 10.1. The molecule has 1 fully saturated rings. The number of esters is 4. The highest BCUT2D eigenvalue weighted by Crippen LogP contribution is 2.27. The second-order valence-corrected chi connectivity index (χ2v) is 17.0. The summed E-state index contributed by atoms with van der Waals surface area (Å²) in [6.07, 6.45) is 7.91. The highest BCUT2D eigenvalue weighted by Gasteiger charge is 2.24. The Balaban J connectivity index is 0.000000975. The van der Waals surface area contributed by atoms with Crippen molar-refractivity contribution in [3.63, 3.8) is 0 Å². The minimum Gasteiger partial charge on any atom is -0.480 e. The Morgan fingerprint density at radius 1 is 0.606 bits per heavy atom. The van der Waals surface area contributed by atoms with Gasteiger partial charge in [-0.15, -0.1) is 0 Å². The van der Waals surface area contributed by atoms with Gasteiger partial charge in [-0.3, -0.25) is 33.8 Å². The summed E-state index contributed by atoms with van der Waals surface area (Å²) >= 11 is 0. The van der Waals surface area contributed by atoms with E-state index in [0.717, 1.165) is 5.56 Å². The van der Waals surface area contributed by atoms with Gasteiger partial charge < -0.3 is 86.2 Å². The molecule has 25 heteroatoms. The number of carbonyl (C=O) groups is 8. The van der Waals surface area contributed by atoms with Crippen molar-refractivity contribution in [2.24, 2.45) is 68.4 Å². The molecule has 0 heterocycles. The van der Waals surface area contributed by atoms with E-state index in [0.29, 0.717) is 49.5 Å². The first-order valence-electron chi connectivity index (χ1n) is 22.7. The Labute approximate surface area is 412 Å². The van der Waals surface area contributed by atoms with E-state index in [4.69, 9.17) is 81.5 Å². The summed E-state index contributed by atoms with van der Waals surface area (Å²) in [5.74, 6) is -6.59. The molecule has 0 aromatic heterocycles. The molecule has 1 aliphatic rings. The van der Waals surface area contributed by atoms with E-state index in [9.17, 15) is 38.4 Å². The lowest BCUT2D eigenvalue weighted by Gasteiger charge is -2.22. The molecule has 0 bridgehead atoms. The second-order valence-electron chi connectivity index (χ2n) is 17.0. The van der Waals surface area contributed by atoms with Gasteiger partial charge in [0, 0.05) is 6.54 Å².